The minimum Gasteiger partial charge on any atom is -0.367 e. The number of para-hydroxylation sites is 1. The molecule has 4 rings (SSSR count). The zero-order valence-electron chi connectivity index (χ0n) is 18.4. The third kappa shape index (κ3) is 4.64. The van der Waals surface area contributed by atoms with Gasteiger partial charge in [-0.1, -0.05) is 18.2 Å². The molecule has 3 aromatic rings. The zero-order chi connectivity index (χ0) is 22.9. The Morgan fingerprint density at radius 2 is 1.69 bits per heavy atom. The number of aryl methyl sites for hydroxylation is 2. The van der Waals surface area contributed by atoms with Gasteiger partial charge in [0.05, 0.1) is 5.69 Å². The van der Waals surface area contributed by atoms with Gasteiger partial charge in [-0.2, -0.15) is 5.10 Å². The van der Waals surface area contributed by atoms with Crippen LogP contribution in [0.15, 0.2) is 47.9 Å². The van der Waals surface area contributed by atoms with Crippen LogP contribution in [0.1, 0.15) is 11.4 Å². The van der Waals surface area contributed by atoms with E-state index < -0.39 is 9.84 Å². The molecular weight excluding hydrogens is 428 g/mol. The number of nitrogens with zero attached hydrogens (tertiary/aromatic N) is 6. The van der Waals surface area contributed by atoms with Gasteiger partial charge in [0.2, 0.25) is 20.9 Å². The molecule has 9 nitrogen and oxygen atoms in total. The van der Waals surface area contributed by atoms with Crippen molar-refractivity contribution in [3.63, 3.8) is 0 Å². The van der Waals surface area contributed by atoms with E-state index in [2.05, 4.69) is 20.0 Å². The number of anilines is 1. The lowest BCUT2D eigenvalue weighted by atomic mass is 10.1. The number of amides is 1. The first-order valence-corrected chi connectivity index (χ1v) is 12.3. The molecule has 0 spiro atoms. The molecule has 1 aliphatic rings. The van der Waals surface area contributed by atoms with Gasteiger partial charge in [0.15, 0.2) is 0 Å². The predicted octanol–water partition coefficient (Wildman–Crippen LogP) is 1.71. The minimum absolute atomic E-state index is 0.0638. The largest absolute Gasteiger partial charge is 0.367 e. The average Bonchev–Trinajstić information content (AvgIpc) is 3.09. The monoisotopic (exact) mass is 454 g/mol. The molecule has 1 amide bonds. The van der Waals surface area contributed by atoms with Crippen LogP contribution in [-0.2, 0) is 21.2 Å². The van der Waals surface area contributed by atoms with Crippen molar-refractivity contribution in [1.29, 1.82) is 0 Å². The average molecular weight is 455 g/mol. The first-order valence-electron chi connectivity index (χ1n) is 10.4. The maximum absolute atomic E-state index is 12.8. The van der Waals surface area contributed by atoms with Gasteiger partial charge in [-0.3, -0.25) is 9.48 Å². The molecule has 0 aliphatic carbocycles. The van der Waals surface area contributed by atoms with E-state index in [1.165, 1.54) is 12.4 Å². The van der Waals surface area contributed by atoms with E-state index in [4.69, 9.17) is 0 Å². The molecule has 1 saturated heterocycles. The van der Waals surface area contributed by atoms with E-state index in [-0.39, 0.29) is 17.6 Å². The SMILES string of the molecule is Cc1cc(C)n(CC(=O)N2CCN(c3ccccc3-c3cnc(S(C)(=O)=O)nc3)CC2)n1. The molecular formula is C22H26N6O3S. The number of carbonyl (C=O) groups excluding carboxylic acids is 1. The zero-order valence-corrected chi connectivity index (χ0v) is 19.2. The van der Waals surface area contributed by atoms with E-state index in [0.29, 0.717) is 26.2 Å². The number of hydrogen-bond acceptors (Lipinski definition) is 7. The molecule has 0 saturated carbocycles. The summed E-state index contributed by atoms with van der Waals surface area (Å²) in [6.45, 7) is 6.76. The highest BCUT2D eigenvalue weighted by Crippen LogP contribution is 2.31. The van der Waals surface area contributed by atoms with Gasteiger partial charge in [-0.05, 0) is 26.0 Å². The quantitative estimate of drug-likeness (QED) is 0.541. The topological polar surface area (TPSA) is 101 Å². The number of aromatic nitrogens is 4. The first kappa shape index (κ1) is 21.9. The van der Waals surface area contributed by atoms with E-state index >= 15 is 0 Å². The second-order valence-corrected chi connectivity index (χ2v) is 9.91. The number of benzene rings is 1. The van der Waals surface area contributed by atoms with Crippen molar-refractivity contribution in [3.05, 3.63) is 54.1 Å². The molecule has 3 heterocycles. The molecule has 0 radical (unpaired) electrons. The van der Waals surface area contributed by atoms with Crippen molar-refractivity contribution < 1.29 is 13.2 Å². The number of piperazine rings is 1. The maximum Gasteiger partial charge on any atom is 0.246 e. The Balaban J connectivity index is 1.46. The van der Waals surface area contributed by atoms with Crippen molar-refractivity contribution in [1.82, 2.24) is 24.6 Å². The van der Waals surface area contributed by atoms with Crippen molar-refractivity contribution in [2.45, 2.75) is 25.5 Å². The summed E-state index contributed by atoms with van der Waals surface area (Å²) >= 11 is 0. The second kappa shape index (κ2) is 8.70. The standard InChI is InChI=1S/C22H26N6O3S/c1-16-12-17(2)28(25-16)15-21(29)27-10-8-26(9-11-27)20-7-5-4-6-19(20)18-13-23-22(24-14-18)32(3,30)31/h4-7,12-14H,8-11,15H2,1-3H3. The summed E-state index contributed by atoms with van der Waals surface area (Å²) in [6, 6.07) is 9.85. The third-order valence-corrected chi connectivity index (χ3v) is 6.41. The van der Waals surface area contributed by atoms with Crippen molar-refractivity contribution in [2.75, 3.05) is 37.3 Å². The summed E-state index contributed by atoms with van der Waals surface area (Å²) in [6.07, 6.45) is 4.17. The Hall–Kier alpha value is -3.27. The fourth-order valence-electron chi connectivity index (χ4n) is 3.90. The lowest BCUT2D eigenvalue weighted by Crippen LogP contribution is -2.49. The van der Waals surface area contributed by atoms with Gasteiger partial charge in [0.25, 0.3) is 0 Å². The highest BCUT2D eigenvalue weighted by molar-refractivity contribution is 7.90. The Morgan fingerprint density at radius 1 is 1.03 bits per heavy atom. The van der Waals surface area contributed by atoms with Crippen molar-refractivity contribution in [2.24, 2.45) is 0 Å². The Labute approximate surface area is 187 Å². The van der Waals surface area contributed by atoms with Crippen LogP contribution in [0.2, 0.25) is 0 Å². The van der Waals surface area contributed by atoms with Crippen LogP contribution in [-0.4, -0.2) is 71.4 Å². The number of rotatable bonds is 5. The van der Waals surface area contributed by atoms with E-state index in [0.717, 1.165) is 34.5 Å². The molecule has 1 aliphatic heterocycles. The molecule has 0 atom stereocenters. The van der Waals surface area contributed by atoms with Crippen LogP contribution in [0.3, 0.4) is 0 Å². The van der Waals surface area contributed by atoms with E-state index in [1.807, 2.05) is 49.1 Å². The Morgan fingerprint density at radius 3 is 2.28 bits per heavy atom. The number of sulfone groups is 1. The van der Waals surface area contributed by atoms with Crippen LogP contribution in [0.4, 0.5) is 5.69 Å². The van der Waals surface area contributed by atoms with Crippen LogP contribution in [0, 0.1) is 13.8 Å². The van der Waals surface area contributed by atoms with Gasteiger partial charge < -0.3 is 9.80 Å². The number of carbonyl (C=O) groups is 1. The summed E-state index contributed by atoms with van der Waals surface area (Å²) in [5.74, 6) is 0.0638. The smallest absolute Gasteiger partial charge is 0.246 e. The van der Waals surface area contributed by atoms with Crippen LogP contribution >= 0.6 is 0 Å². The molecule has 1 fully saturated rings. The predicted molar refractivity (Wildman–Crippen MR) is 121 cm³/mol. The van der Waals surface area contributed by atoms with Gasteiger partial charge >= 0.3 is 0 Å². The molecule has 0 unspecified atom stereocenters. The third-order valence-electron chi connectivity index (χ3n) is 5.54. The van der Waals surface area contributed by atoms with Gasteiger partial charge in [0.1, 0.15) is 6.54 Å². The van der Waals surface area contributed by atoms with Crippen molar-refractivity contribution >= 4 is 21.4 Å². The molecule has 0 bridgehead atoms. The molecule has 1 aromatic carbocycles. The van der Waals surface area contributed by atoms with E-state index in [1.54, 1.807) is 4.68 Å². The lowest BCUT2D eigenvalue weighted by Gasteiger charge is -2.37. The fourth-order valence-corrected chi connectivity index (χ4v) is 4.39. The molecule has 2 aromatic heterocycles. The van der Waals surface area contributed by atoms with Crippen LogP contribution < -0.4 is 4.90 Å². The second-order valence-electron chi connectivity index (χ2n) is 8.00. The minimum atomic E-state index is -3.45. The highest BCUT2D eigenvalue weighted by Gasteiger charge is 2.24. The van der Waals surface area contributed by atoms with Crippen molar-refractivity contribution in [3.8, 4) is 11.1 Å². The Kier molecular flexibility index (Phi) is 5.96. The normalized spacial score (nSPS) is 14.6. The lowest BCUT2D eigenvalue weighted by molar-refractivity contribution is -0.132. The summed E-state index contributed by atoms with van der Waals surface area (Å²) in [7, 11) is -3.45. The first-order chi connectivity index (χ1) is 15.2. The summed E-state index contributed by atoms with van der Waals surface area (Å²) in [4.78, 5) is 24.9. The molecule has 0 N–H and O–H groups in total. The van der Waals surface area contributed by atoms with Gasteiger partial charge in [0, 0.05) is 67.3 Å². The van der Waals surface area contributed by atoms with E-state index in [9.17, 15) is 13.2 Å². The summed E-state index contributed by atoms with van der Waals surface area (Å²) in [5.41, 5.74) is 4.57. The molecule has 168 valence electrons. The van der Waals surface area contributed by atoms with Gasteiger partial charge in [-0.15, -0.1) is 0 Å². The van der Waals surface area contributed by atoms with Crippen LogP contribution in [0.25, 0.3) is 11.1 Å². The molecule has 10 heteroatoms. The van der Waals surface area contributed by atoms with Crippen LogP contribution in [0.5, 0.6) is 0 Å². The highest BCUT2D eigenvalue weighted by atomic mass is 32.2. The fraction of sp³-hybridized carbons (Fsp3) is 0.364. The molecule has 32 heavy (non-hydrogen) atoms. The Bertz CT molecular complexity index is 1230. The summed E-state index contributed by atoms with van der Waals surface area (Å²) < 4.78 is 25.0. The maximum atomic E-state index is 12.8. The summed E-state index contributed by atoms with van der Waals surface area (Å²) in [5, 5.41) is 4.20. The van der Waals surface area contributed by atoms with Gasteiger partial charge in [-0.25, -0.2) is 18.4 Å². The number of hydrogen-bond donors (Lipinski definition) is 0.